The standard InChI is InChI=1S/C29H25F2N7O2/c1-16-22(30)3-4-23(31)27(16)28-35-9-7-25(36-28)29(40)37-24-5-2-17(21-13-34-8-6-18(21)12-32)10-26(24)38-14-19(33)11-20(38)15-39/h2-10,13,19-20,39H,11,14-15,33H2,1H3,(H,37,40). The number of hydrogen-bond acceptors (Lipinski definition) is 8. The second-order valence-corrected chi connectivity index (χ2v) is 9.50. The number of carbonyl (C=O) groups excluding carboxylic acids is 1. The minimum Gasteiger partial charge on any atom is -0.394 e. The summed E-state index contributed by atoms with van der Waals surface area (Å²) in [6.45, 7) is 1.71. The molecular weight excluding hydrogens is 516 g/mol. The lowest BCUT2D eigenvalue weighted by Gasteiger charge is -2.28. The summed E-state index contributed by atoms with van der Waals surface area (Å²) in [6.07, 6.45) is 4.98. The molecule has 1 aliphatic rings. The van der Waals surface area contributed by atoms with Gasteiger partial charge in [0.1, 0.15) is 17.3 Å². The van der Waals surface area contributed by atoms with Crippen LogP contribution in [0.2, 0.25) is 0 Å². The quantitative estimate of drug-likeness (QED) is 0.335. The van der Waals surface area contributed by atoms with Crippen LogP contribution in [0, 0.1) is 29.9 Å². The minimum absolute atomic E-state index is 0.0305. The number of nitrogens with two attached hydrogens (primary N) is 1. The molecule has 2 unspecified atom stereocenters. The van der Waals surface area contributed by atoms with E-state index in [4.69, 9.17) is 5.73 Å². The highest BCUT2D eigenvalue weighted by molar-refractivity contribution is 6.05. The third kappa shape index (κ3) is 5.10. The second-order valence-electron chi connectivity index (χ2n) is 9.50. The number of benzene rings is 2. The van der Waals surface area contributed by atoms with Crippen LogP contribution in [0.5, 0.6) is 0 Å². The lowest BCUT2D eigenvalue weighted by atomic mass is 10.0. The summed E-state index contributed by atoms with van der Waals surface area (Å²) in [5.41, 5.74) is 8.80. The zero-order valence-corrected chi connectivity index (χ0v) is 21.5. The molecule has 1 amide bonds. The number of carbonyl (C=O) groups is 1. The average Bonchev–Trinajstić information content (AvgIpc) is 3.36. The molecule has 0 saturated carbocycles. The van der Waals surface area contributed by atoms with Crippen molar-refractivity contribution in [3.63, 3.8) is 0 Å². The number of aliphatic hydroxyl groups excluding tert-OH is 1. The molecule has 1 aliphatic heterocycles. The van der Waals surface area contributed by atoms with Crippen LogP contribution in [-0.4, -0.2) is 51.2 Å². The Kier molecular flexibility index (Phi) is 7.46. The lowest BCUT2D eigenvalue weighted by molar-refractivity contribution is 0.102. The van der Waals surface area contributed by atoms with Gasteiger partial charge in [0.25, 0.3) is 5.91 Å². The zero-order valence-electron chi connectivity index (χ0n) is 21.5. The van der Waals surface area contributed by atoms with Crippen molar-refractivity contribution in [1.82, 2.24) is 15.0 Å². The number of hydrogen-bond donors (Lipinski definition) is 3. The van der Waals surface area contributed by atoms with Gasteiger partial charge in [0.2, 0.25) is 0 Å². The Morgan fingerprint density at radius 3 is 2.77 bits per heavy atom. The molecule has 5 rings (SSSR count). The number of nitrogens with one attached hydrogen (secondary N) is 1. The maximum Gasteiger partial charge on any atom is 0.274 e. The van der Waals surface area contributed by atoms with Gasteiger partial charge in [-0.3, -0.25) is 9.78 Å². The molecule has 0 bridgehead atoms. The van der Waals surface area contributed by atoms with Crippen LogP contribution in [0.25, 0.3) is 22.5 Å². The van der Waals surface area contributed by atoms with E-state index in [1.807, 2.05) is 11.0 Å². The Labute approximate surface area is 229 Å². The molecule has 202 valence electrons. The highest BCUT2D eigenvalue weighted by atomic mass is 19.1. The van der Waals surface area contributed by atoms with Crippen molar-refractivity contribution in [2.45, 2.75) is 25.4 Å². The maximum atomic E-state index is 14.5. The summed E-state index contributed by atoms with van der Waals surface area (Å²) in [6, 6.07) is 11.9. The number of halogens is 2. The van der Waals surface area contributed by atoms with E-state index in [1.54, 1.807) is 24.4 Å². The third-order valence-electron chi connectivity index (χ3n) is 6.93. The molecule has 2 aromatic carbocycles. The van der Waals surface area contributed by atoms with E-state index < -0.39 is 17.5 Å². The van der Waals surface area contributed by atoms with Gasteiger partial charge >= 0.3 is 0 Å². The first-order valence-corrected chi connectivity index (χ1v) is 12.5. The first kappa shape index (κ1) is 26.8. The Hall–Kier alpha value is -4.79. The van der Waals surface area contributed by atoms with Crippen molar-refractivity contribution in [2.75, 3.05) is 23.4 Å². The number of nitrogens with zero attached hydrogens (tertiary/aromatic N) is 5. The fourth-order valence-corrected chi connectivity index (χ4v) is 4.91. The summed E-state index contributed by atoms with van der Waals surface area (Å²) in [7, 11) is 0. The summed E-state index contributed by atoms with van der Waals surface area (Å²) in [5, 5.41) is 22.5. The highest BCUT2D eigenvalue weighted by Gasteiger charge is 2.32. The zero-order chi connectivity index (χ0) is 28.4. The number of pyridine rings is 1. The highest BCUT2D eigenvalue weighted by Crippen LogP contribution is 2.37. The summed E-state index contributed by atoms with van der Waals surface area (Å²) in [4.78, 5) is 27.7. The van der Waals surface area contributed by atoms with Crippen LogP contribution in [-0.2, 0) is 0 Å². The van der Waals surface area contributed by atoms with Crippen LogP contribution in [0.3, 0.4) is 0 Å². The Bertz CT molecular complexity index is 1640. The molecule has 4 N–H and O–H groups in total. The number of nitriles is 1. The van der Waals surface area contributed by atoms with E-state index in [1.165, 1.54) is 25.4 Å². The van der Waals surface area contributed by atoms with Gasteiger partial charge in [0.15, 0.2) is 5.82 Å². The summed E-state index contributed by atoms with van der Waals surface area (Å²) >= 11 is 0. The molecule has 3 heterocycles. The Morgan fingerprint density at radius 1 is 1.20 bits per heavy atom. The molecule has 11 heteroatoms. The second kappa shape index (κ2) is 11.1. The van der Waals surface area contributed by atoms with Gasteiger partial charge < -0.3 is 21.1 Å². The third-order valence-corrected chi connectivity index (χ3v) is 6.93. The number of rotatable bonds is 6. The molecule has 2 atom stereocenters. The summed E-state index contributed by atoms with van der Waals surface area (Å²) < 4.78 is 28.7. The molecule has 40 heavy (non-hydrogen) atoms. The fourth-order valence-electron chi connectivity index (χ4n) is 4.91. The van der Waals surface area contributed by atoms with Gasteiger partial charge in [0.05, 0.1) is 41.2 Å². The molecule has 0 radical (unpaired) electrons. The SMILES string of the molecule is Cc1c(F)ccc(F)c1-c1nccc(C(=O)Nc2ccc(-c3cnccc3C#N)cc2N2CC(N)CC2CO)n1. The molecule has 0 aliphatic carbocycles. The van der Waals surface area contributed by atoms with Crippen molar-refractivity contribution in [3.8, 4) is 28.6 Å². The van der Waals surface area contributed by atoms with E-state index in [0.29, 0.717) is 41.0 Å². The minimum atomic E-state index is -0.707. The van der Waals surface area contributed by atoms with E-state index in [-0.39, 0.29) is 41.3 Å². The molecule has 1 saturated heterocycles. The largest absolute Gasteiger partial charge is 0.394 e. The van der Waals surface area contributed by atoms with Crippen LogP contribution in [0.1, 0.15) is 28.0 Å². The molecule has 0 spiro atoms. The molecular formula is C29H25F2N7O2. The normalized spacial score (nSPS) is 16.6. The van der Waals surface area contributed by atoms with Gasteiger partial charge in [-0.05, 0) is 60.9 Å². The van der Waals surface area contributed by atoms with Crippen molar-refractivity contribution in [2.24, 2.45) is 5.73 Å². The van der Waals surface area contributed by atoms with Gasteiger partial charge in [-0.1, -0.05) is 6.07 Å². The molecule has 4 aromatic rings. The van der Waals surface area contributed by atoms with Crippen LogP contribution >= 0.6 is 0 Å². The molecule has 9 nitrogen and oxygen atoms in total. The Morgan fingerprint density at radius 2 is 2.00 bits per heavy atom. The maximum absolute atomic E-state index is 14.5. The van der Waals surface area contributed by atoms with Crippen molar-refractivity contribution < 1.29 is 18.7 Å². The van der Waals surface area contributed by atoms with Crippen molar-refractivity contribution >= 4 is 17.3 Å². The van der Waals surface area contributed by atoms with Crippen LogP contribution < -0.4 is 16.0 Å². The first-order chi connectivity index (χ1) is 19.3. The number of aromatic nitrogens is 3. The smallest absolute Gasteiger partial charge is 0.274 e. The van der Waals surface area contributed by atoms with Gasteiger partial charge in [-0.25, -0.2) is 18.7 Å². The predicted molar refractivity (Wildman–Crippen MR) is 145 cm³/mol. The first-order valence-electron chi connectivity index (χ1n) is 12.5. The van der Waals surface area contributed by atoms with Gasteiger partial charge in [-0.2, -0.15) is 5.26 Å². The average molecular weight is 542 g/mol. The van der Waals surface area contributed by atoms with Crippen LogP contribution in [0.4, 0.5) is 20.2 Å². The molecule has 2 aromatic heterocycles. The number of anilines is 2. The summed E-state index contributed by atoms with van der Waals surface area (Å²) in [5.74, 6) is -2.05. The van der Waals surface area contributed by atoms with Crippen molar-refractivity contribution in [3.05, 3.63) is 89.5 Å². The van der Waals surface area contributed by atoms with Crippen molar-refractivity contribution in [1.29, 1.82) is 5.26 Å². The molecule has 1 fully saturated rings. The van der Waals surface area contributed by atoms with E-state index >= 15 is 0 Å². The number of aliphatic hydroxyl groups is 1. The number of amides is 1. The lowest BCUT2D eigenvalue weighted by Crippen LogP contribution is -2.33. The van der Waals surface area contributed by atoms with E-state index in [9.17, 15) is 23.9 Å². The monoisotopic (exact) mass is 541 g/mol. The fraction of sp³-hybridized carbons (Fsp3) is 0.207. The topological polar surface area (TPSA) is 141 Å². The predicted octanol–water partition coefficient (Wildman–Crippen LogP) is 3.81. The van der Waals surface area contributed by atoms with E-state index in [2.05, 4.69) is 26.3 Å². The van der Waals surface area contributed by atoms with Gasteiger partial charge in [-0.15, -0.1) is 0 Å². The van der Waals surface area contributed by atoms with Crippen LogP contribution in [0.15, 0.2) is 61.1 Å². The van der Waals surface area contributed by atoms with E-state index in [0.717, 1.165) is 12.1 Å². The Balaban J connectivity index is 1.54. The van der Waals surface area contributed by atoms with Gasteiger partial charge in [0, 0.05) is 36.7 Å².